The van der Waals surface area contributed by atoms with E-state index in [1.54, 1.807) is 30.3 Å². The molecule has 64 heavy (non-hydrogen) atoms. The van der Waals surface area contributed by atoms with Crippen molar-refractivity contribution in [2.24, 2.45) is 29.1 Å². The summed E-state index contributed by atoms with van der Waals surface area (Å²) in [5.74, 6) is 1.98. The van der Waals surface area contributed by atoms with Crippen molar-refractivity contribution >= 4 is 66.0 Å². The minimum atomic E-state index is -4.11. The van der Waals surface area contributed by atoms with Crippen LogP contribution in [0.1, 0.15) is 65.8 Å². The zero-order valence-electron chi connectivity index (χ0n) is 36.2. The summed E-state index contributed by atoms with van der Waals surface area (Å²) < 4.78 is 38.1. The normalized spacial score (nSPS) is 21.8. The summed E-state index contributed by atoms with van der Waals surface area (Å²) >= 11 is 1.53. The monoisotopic (exact) mass is 900 g/mol. The van der Waals surface area contributed by atoms with Crippen molar-refractivity contribution in [2.75, 3.05) is 42.7 Å². The Kier molecular flexibility index (Phi) is 11.2. The van der Waals surface area contributed by atoms with Gasteiger partial charge in [-0.1, -0.05) is 53.8 Å². The predicted octanol–water partition coefficient (Wildman–Crippen LogP) is 7.42. The van der Waals surface area contributed by atoms with Crippen LogP contribution >= 0.6 is 11.3 Å². The molecule has 0 radical (unpaired) electrons. The number of aromatic nitrogens is 6. The molecule has 1 aliphatic heterocycles. The molecule has 0 atom stereocenters. The molecule has 2 aromatic carbocycles. The van der Waals surface area contributed by atoms with E-state index in [9.17, 15) is 18.0 Å². The molecule has 2 N–H and O–H groups in total. The van der Waals surface area contributed by atoms with Crippen LogP contribution in [0.5, 0.6) is 0 Å². The first-order valence-electron chi connectivity index (χ1n) is 22.1. The Hall–Kier alpha value is -5.78. The van der Waals surface area contributed by atoms with Crippen LogP contribution in [0.2, 0.25) is 0 Å². The number of pyridine rings is 1. The number of hydrogen-bond acceptors (Lipinski definition) is 14. The van der Waals surface area contributed by atoms with Gasteiger partial charge in [-0.3, -0.25) is 14.3 Å². The third kappa shape index (κ3) is 8.72. The molecular weight excluding hydrogens is 849 g/mol. The zero-order chi connectivity index (χ0) is 44.2. The summed E-state index contributed by atoms with van der Waals surface area (Å²) in [6.45, 7) is 5.86. The molecule has 5 aliphatic rings. The number of likely N-dealkylation sites (tertiary alicyclic amines) is 1. The Morgan fingerprint density at radius 1 is 0.891 bits per heavy atom. The number of carbonyl (C=O) groups excluding carboxylic acids is 2. The van der Waals surface area contributed by atoms with Crippen molar-refractivity contribution in [3.05, 3.63) is 102 Å². The van der Waals surface area contributed by atoms with Crippen molar-refractivity contribution in [3.63, 3.8) is 0 Å². The van der Waals surface area contributed by atoms with Crippen LogP contribution in [0.15, 0.2) is 79.0 Å². The number of thiazole rings is 1. The van der Waals surface area contributed by atoms with Crippen molar-refractivity contribution in [2.45, 2.75) is 65.5 Å². The van der Waals surface area contributed by atoms with E-state index in [0.717, 1.165) is 56.9 Å². The minimum absolute atomic E-state index is 0.0469. The third-order valence-electron chi connectivity index (χ3n) is 13.8. The molecule has 332 valence electrons. The predicted molar refractivity (Wildman–Crippen MR) is 246 cm³/mol. The van der Waals surface area contributed by atoms with Crippen LogP contribution in [0, 0.1) is 42.9 Å². The molecule has 1 amide bonds. The molecule has 4 aromatic heterocycles. The molecule has 5 fully saturated rings. The maximum atomic E-state index is 14.3. The number of hydrogen-bond donors (Lipinski definition) is 2. The number of amides is 1. The van der Waals surface area contributed by atoms with Gasteiger partial charge < -0.3 is 19.9 Å². The van der Waals surface area contributed by atoms with Crippen molar-refractivity contribution in [1.82, 2.24) is 39.6 Å². The maximum Gasteiger partial charge on any atom is 0.311 e. The fraction of sp³-hybridized carbons (Fsp3) is 0.426. The largest absolute Gasteiger partial charge is 0.461 e. The molecule has 15 nitrogen and oxygen atoms in total. The Balaban J connectivity index is 0.864. The maximum absolute atomic E-state index is 14.3. The lowest BCUT2D eigenvalue weighted by atomic mass is 9.49. The summed E-state index contributed by atoms with van der Waals surface area (Å²) in [6.07, 6.45) is 9.55. The van der Waals surface area contributed by atoms with E-state index in [0.29, 0.717) is 41.2 Å². The number of benzene rings is 2. The van der Waals surface area contributed by atoms with Crippen molar-refractivity contribution in [3.8, 4) is 11.1 Å². The number of anilines is 4. The van der Waals surface area contributed by atoms with Gasteiger partial charge in [-0.05, 0) is 117 Å². The molecule has 4 bridgehead atoms. The van der Waals surface area contributed by atoms with Gasteiger partial charge in [0, 0.05) is 50.0 Å². The van der Waals surface area contributed by atoms with Gasteiger partial charge in [0.05, 0.1) is 28.1 Å². The number of carbonyl (C=O) groups is 2. The SMILES string of the molecule is Cc1cc(N(C)c2ccc(-c3cnn(CC45CC6CC(CC(C6)C4)C5)c3C)c(C(=O)NS(=O)(=O)CCN3CC(C(=O)OCc4ccccc4)C3)n2)nnc1Nc1nc2ccccc2s1. The summed E-state index contributed by atoms with van der Waals surface area (Å²) in [4.78, 5) is 40.0. The highest BCUT2D eigenvalue weighted by atomic mass is 32.2. The van der Waals surface area contributed by atoms with Gasteiger partial charge in [0.1, 0.15) is 18.1 Å². The number of aryl methyl sites for hydroxylation is 1. The first-order valence-corrected chi connectivity index (χ1v) is 24.5. The number of sulfonamides is 1. The van der Waals surface area contributed by atoms with E-state index in [1.165, 1.54) is 49.9 Å². The Morgan fingerprint density at radius 2 is 1.61 bits per heavy atom. The van der Waals surface area contributed by atoms with Gasteiger partial charge in [0.2, 0.25) is 10.0 Å². The van der Waals surface area contributed by atoms with E-state index in [-0.39, 0.29) is 41.9 Å². The fourth-order valence-electron chi connectivity index (χ4n) is 10.8. The van der Waals surface area contributed by atoms with Gasteiger partial charge >= 0.3 is 5.97 Å². The summed E-state index contributed by atoms with van der Waals surface area (Å²) in [5, 5.41) is 17.8. The molecule has 1 saturated heterocycles. The lowest BCUT2D eigenvalue weighted by Crippen LogP contribution is -2.52. The standard InChI is InChI=1S/C47H52N10O5S2/c1-29-17-41(52-53-43(29)51-46-49-38-11-7-8-12-39(38)63-46)55(3)40-14-13-36(37-24-48-57(30(37)2)28-47-21-32-18-33(22-47)20-34(19-32)23-47)42(50-40)44(58)54-64(60,61)16-15-56-25-35(26-56)45(59)62-27-31-9-5-4-6-10-31/h4-14,17,24,32-35H,15-16,18-23,25-28H2,1-3H3,(H,54,58)(H,49,51,53). The van der Waals surface area contributed by atoms with Crippen LogP contribution < -0.4 is 14.9 Å². The molecule has 0 unspecified atom stereocenters. The summed E-state index contributed by atoms with van der Waals surface area (Å²) in [7, 11) is -2.34. The molecule has 4 aliphatic carbocycles. The molecule has 5 heterocycles. The number of esters is 1. The Morgan fingerprint density at radius 3 is 2.33 bits per heavy atom. The van der Waals surface area contributed by atoms with Gasteiger partial charge in [-0.15, -0.1) is 10.2 Å². The Bertz CT molecular complexity index is 2770. The quantitative estimate of drug-likeness (QED) is 0.0975. The third-order valence-corrected chi connectivity index (χ3v) is 15.9. The highest BCUT2D eigenvalue weighted by molar-refractivity contribution is 7.90. The second-order valence-corrected chi connectivity index (χ2v) is 21.4. The molecular formula is C47H52N10O5S2. The molecule has 0 spiro atoms. The number of para-hydroxylation sites is 1. The van der Waals surface area contributed by atoms with Crippen molar-refractivity contribution < 1.29 is 22.7 Å². The number of rotatable bonds is 15. The number of nitrogens with zero attached hydrogens (tertiary/aromatic N) is 8. The number of fused-ring (bicyclic) bond motifs is 1. The van der Waals surface area contributed by atoms with Crippen LogP contribution in [-0.2, 0) is 32.7 Å². The molecule has 4 saturated carbocycles. The minimum Gasteiger partial charge on any atom is -0.461 e. The second-order valence-electron chi connectivity index (χ2n) is 18.5. The van der Waals surface area contributed by atoms with Gasteiger partial charge in [-0.25, -0.2) is 23.1 Å². The Labute approximate surface area is 376 Å². The second kappa shape index (κ2) is 17.0. The van der Waals surface area contributed by atoms with Gasteiger partial charge in [0.25, 0.3) is 5.91 Å². The lowest BCUT2D eigenvalue weighted by Gasteiger charge is -2.56. The first kappa shape index (κ1) is 42.2. The molecule has 6 aromatic rings. The molecule has 17 heteroatoms. The number of nitrogens with one attached hydrogen (secondary N) is 2. The average Bonchev–Trinajstić information content (AvgIpc) is 3.83. The van der Waals surface area contributed by atoms with Crippen LogP contribution in [0.25, 0.3) is 21.3 Å². The highest BCUT2D eigenvalue weighted by Gasteiger charge is 2.51. The van der Waals surface area contributed by atoms with E-state index >= 15 is 0 Å². The van der Waals surface area contributed by atoms with Gasteiger partial charge in [0.15, 0.2) is 16.8 Å². The number of ether oxygens (including phenoxy) is 1. The van der Waals surface area contributed by atoms with E-state index in [1.807, 2.05) is 79.4 Å². The zero-order valence-corrected chi connectivity index (χ0v) is 37.9. The van der Waals surface area contributed by atoms with Crippen molar-refractivity contribution in [1.29, 1.82) is 0 Å². The summed E-state index contributed by atoms with van der Waals surface area (Å²) in [6, 6.07) is 22.8. The van der Waals surface area contributed by atoms with Gasteiger partial charge in [-0.2, -0.15) is 5.10 Å². The summed E-state index contributed by atoms with van der Waals surface area (Å²) in [5.41, 5.74) is 4.91. The van der Waals surface area contributed by atoms with E-state index < -0.39 is 15.9 Å². The van der Waals surface area contributed by atoms with Crippen LogP contribution in [0.4, 0.5) is 22.6 Å². The average molecular weight is 901 g/mol. The highest BCUT2D eigenvalue weighted by Crippen LogP contribution is 2.60. The van der Waals surface area contributed by atoms with E-state index in [2.05, 4.69) is 29.9 Å². The topological polar surface area (TPSA) is 177 Å². The van der Waals surface area contributed by atoms with Crippen LogP contribution in [-0.4, -0.2) is 87.6 Å². The smallest absolute Gasteiger partial charge is 0.311 e. The molecule has 11 rings (SSSR count). The van der Waals surface area contributed by atoms with Crippen LogP contribution in [0.3, 0.4) is 0 Å². The van der Waals surface area contributed by atoms with E-state index in [4.69, 9.17) is 14.8 Å². The fourth-order valence-corrected chi connectivity index (χ4v) is 12.7. The first-order chi connectivity index (χ1) is 30.9. The lowest BCUT2D eigenvalue weighted by molar-refractivity contribution is -0.155.